The molecule has 0 saturated carbocycles. The average Bonchev–Trinajstić information content (AvgIpc) is 2.42. The molecule has 1 aromatic heterocycles. The van der Waals surface area contributed by atoms with Gasteiger partial charge in [0.05, 0.1) is 11.0 Å². The smallest absolute Gasteiger partial charge is 0.109 e. The number of aromatic nitrogens is 2. The third-order valence-electron chi connectivity index (χ3n) is 3.26. The minimum Gasteiger partial charge on any atom is -0.328 e. The first-order valence-corrected chi connectivity index (χ1v) is 5.80. The maximum Gasteiger partial charge on any atom is 0.109 e. The number of nitrogens with zero attached hydrogens (tertiary/aromatic N) is 2. The van der Waals surface area contributed by atoms with Crippen molar-refractivity contribution in [2.24, 2.45) is 0 Å². The molecule has 15 heavy (non-hydrogen) atoms. The number of imidazole rings is 1. The Morgan fingerprint density at radius 1 is 1.20 bits per heavy atom. The second kappa shape index (κ2) is 3.37. The molecule has 3 rings (SSSR count). The van der Waals surface area contributed by atoms with Crippen LogP contribution < -0.4 is 0 Å². The quantitative estimate of drug-likeness (QED) is 0.639. The first kappa shape index (κ1) is 8.96. The van der Waals surface area contributed by atoms with Crippen molar-refractivity contribution in [2.45, 2.75) is 39.2 Å². The van der Waals surface area contributed by atoms with Gasteiger partial charge in [-0.1, -0.05) is 12.5 Å². The van der Waals surface area contributed by atoms with Crippen molar-refractivity contribution >= 4 is 11.0 Å². The molecule has 1 aromatic carbocycles. The summed E-state index contributed by atoms with van der Waals surface area (Å²) >= 11 is 0. The Morgan fingerprint density at radius 2 is 2.13 bits per heavy atom. The largest absolute Gasteiger partial charge is 0.328 e. The van der Waals surface area contributed by atoms with E-state index in [1.54, 1.807) is 0 Å². The van der Waals surface area contributed by atoms with Crippen LogP contribution in [0.4, 0.5) is 0 Å². The van der Waals surface area contributed by atoms with Gasteiger partial charge in [-0.2, -0.15) is 0 Å². The fourth-order valence-electron chi connectivity index (χ4n) is 2.46. The molecular weight excluding hydrogens is 184 g/mol. The van der Waals surface area contributed by atoms with E-state index in [1.165, 1.54) is 41.7 Å². The summed E-state index contributed by atoms with van der Waals surface area (Å²) in [6.07, 6.45) is 5.08. The van der Waals surface area contributed by atoms with Crippen LogP contribution in [0.3, 0.4) is 0 Å². The second-order valence-corrected chi connectivity index (χ2v) is 4.48. The van der Waals surface area contributed by atoms with Crippen molar-refractivity contribution in [1.29, 1.82) is 0 Å². The van der Waals surface area contributed by atoms with E-state index in [1.807, 2.05) is 0 Å². The molecule has 0 spiro atoms. The van der Waals surface area contributed by atoms with Gasteiger partial charge in [-0.05, 0) is 37.5 Å². The lowest BCUT2D eigenvalue weighted by Gasteiger charge is -2.03. The van der Waals surface area contributed by atoms with Crippen molar-refractivity contribution in [1.82, 2.24) is 9.55 Å². The maximum atomic E-state index is 4.74. The van der Waals surface area contributed by atoms with Crippen LogP contribution in [0.25, 0.3) is 11.0 Å². The van der Waals surface area contributed by atoms with Crippen LogP contribution in [0.1, 0.15) is 30.7 Å². The summed E-state index contributed by atoms with van der Waals surface area (Å²) in [5.41, 5.74) is 3.79. The molecule has 1 aliphatic heterocycles. The van der Waals surface area contributed by atoms with E-state index >= 15 is 0 Å². The first-order valence-electron chi connectivity index (χ1n) is 5.80. The Balaban J connectivity index is 2.23. The fraction of sp³-hybridized carbons (Fsp3) is 0.462. The lowest BCUT2D eigenvalue weighted by Crippen LogP contribution is -1.99. The van der Waals surface area contributed by atoms with E-state index in [-0.39, 0.29) is 0 Å². The van der Waals surface area contributed by atoms with Gasteiger partial charge in [0.1, 0.15) is 5.82 Å². The van der Waals surface area contributed by atoms with Crippen molar-refractivity contribution in [2.75, 3.05) is 0 Å². The highest BCUT2D eigenvalue weighted by molar-refractivity contribution is 5.76. The molecule has 0 aliphatic carbocycles. The number of hydrogen-bond acceptors (Lipinski definition) is 1. The summed E-state index contributed by atoms with van der Waals surface area (Å²) < 4.78 is 2.40. The average molecular weight is 200 g/mol. The molecule has 2 heteroatoms. The van der Waals surface area contributed by atoms with Crippen molar-refractivity contribution in [3.63, 3.8) is 0 Å². The predicted octanol–water partition coefficient (Wildman–Crippen LogP) is 3.07. The molecular formula is C13H16N2. The summed E-state index contributed by atoms with van der Waals surface area (Å²) in [6.45, 7) is 3.28. The normalized spacial score (nSPS) is 16.3. The molecule has 0 bridgehead atoms. The van der Waals surface area contributed by atoms with Gasteiger partial charge in [-0.15, -0.1) is 0 Å². The molecule has 0 saturated heterocycles. The monoisotopic (exact) mass is 200 g/mol. The Labute approximate surface area is 89.9 Å². The molecule has 0 fully saturated rings. The topological polar surface area (TPSA) is 17.8 Å². The zero-order valence-electron chi connectivity index (χ0n) is 9.16. The highest BCUT2D eigenvalue weighted by atomic mass is 15.1. The number of fused-ring (bicyclic) bond motifs is 3. The maximum absolute atomic E-state index is 4.74. The standard InChI is InChI=1S/C13H16N2/c1-10-6-7-12-11(9-10)14-13-5-3-2-4-8-15(12)13/h6-7,9H,2-5,8H2,1H3. The van der Waals surface area contributed by atoms with Crippen molar-refractivity contribution < 1.29 is 0 Å². The Morgan fingerprint density at radius 3 is 3.07 bits per heavy atom. The van der Waals surface area contributed by atoms with Gasteiger partial charge >= 0.3 is 0 Å². The SMILES string of the molecule is Cc1ccc2c(c1)nc1n2CCCCC1. The van der Waals surface area contributed by atoms with Crippen molar-refractivity contribution in [3.05, 3.63) is 29.6 Å². The molecule has 78 valence electrons. The zero-order valence-corrected chi connectivity index (χ0v) is 9.16. The molecule has 2 heterocycles. The molecule has 0 unspecified atom stereocenters. The van der Waals surface area contributed by atoms with Crippen LogP contribution in [-0.4, -0.2) is 9.55 Å². The van der Waals surface area contributed by atoms with E-state index < -0.39 is 0 Å². The van der Waals surface area contributed by atoms with E-state index in [9.17, 15) is 0 Å². The third kappa shape index (κ3) is 1.44. The molecule has 0 N–H and O–H groups in total. The first-order chi connectivity index (χ1) is 7.34. The fourth-order valence-corrected chi connectivity index (χ4v) is 2.46. The van der Waals surface area contributed by atoms with E-state index in [4.69, 9.17) is 4.98 Å². The number of rotatable bonds is 0. The predicted molar refractivity (Wildman–Crippen MR) is 62.0 cm³/mol. The van der Waals surface area contributed by atoms with Gasteiger partial charge < -0.3 is 4.57 Å². The van der Waals surface area contributed by atoms with E-state index in [2.05, 4.69) is 29.7 Å². The Kier molecular flexibility index (Phi) is 2.01. The Bertz CT molecular complexity index is 496. The second-order valence-electron chi connectivity index (χ2n) is 4.48. The van der Waals surface area contributed by atoms with Crippen LogP contribution in [0.15, 0.2) is 18.2 Å². The van der Waals surface area contributed by atoms with Crippen LogP contribution in [0, 0.1) is 6.92 Å². The molecule has 2 nitrogen and oxygen atoms in total. The molecule has 0 atom stereocenters. The van der Waals surface area contributed by atoms with E-state index in [0.29, 0.717) is 0 Å². The highest BCUT2D eigenvalue weighted by Crippen LogP contribution is 2.22. The number of benzene rings is 1. The minimum atomic E-state index is 1.15. The van der Waals surface area contributed by atoms with Crippen LogP contribution in [0.2, 0.25) is 0 Å². The van der Waals surface area contributed by atoms with Crippen molar-refractivity contribution in [3.8, 4) is 0 Å². The van der Waals surface area contributed by atoms with Gasteiger partial charge in [0.15, 0.2) is 0 Å². The summed E-state index contributed by atoms with van der Waals surface area (Å²) in [6, 6.07) is 6.59. The van der Waals surface area contributed by atoms with Crippen LogP contribution in [-0.2, 0) is 13.0 Å². The van der Waals surface area contributed by atoms with Gasteiger partial charge in [0.2, 0.25) is 0 Å². The summed E-state index contributed by atoms with van der Waals surface area (Å²) in [5, 5.41) is 0. The third-order valence-corrected chi connectivity index (χ3v) is 3.26. The van der Waals surface area contributed by atoms with E-state index in [0.717, 1.165) is 13.0 Å². The molecule has 2 aromatic rings. The summed E-state index contributed by atoms with van der Waals surface area (Å²) in [4.78, 5) is 4.74. The van der Waals surface area contributed by atoms with Gasteiger partial charge in [-0.25, -0.2) is 4.98 Å². The molecule has 0 amide bonds. The molecule has 1 aliphatic rings. The lowest BCUT2D eigenvalue weighted by molar-refractivity contribution is 0.647. The zero-order chi connectivity index (χ0) is 10.3. The summed E-state index contributed by atoms with van der Waals surface area (Å²) in [7, 11) is 0. The minimum absolute atomic E-state index is 1.15. The van der Waals surface area contributed by atoms with Gasteiger partial charge in [-0.3, -0.25) is 0 Å². The van der Waals surface area contributed by atoms with Crippen LogP contribution >= 0.6 is 0 Å². The summed E-state index contributed by atoms with van der Waals surface area (Å²) in [5.74, 6) is 1.29. The highest BCUT2D eigenvalue weighted by Gasteiger charge is 2.12. The Hall–Kier alpha value is -1.31. The van der Waals surface area contributed by atoms with Gasteiger partial charge in [0.25, 0.3) is 0 Å². The lowest BCUT2D eigenvalue weighted by atomic mass is 10.2. The number of aryl methyl sites for hydroxylation is 3. The number of hydrogen-bond donors (Lipinski definition) is 0. The van der Waals surface area contributed by atoms with Gasteiger partial charge in [0, 0.05) is 13.0 Å². The molecule has 0 radical (unpaired) electrons. The van der Waals surface area contributed by atoms with Crippen LogP contribution in [0.5, 0.6) is 0 Å².